The van der Waals surface area contributed by atoms with Gasteiger partial charge in [-0.2, -0.15) is 0 Å². The number of hydrogen-bond acceptors (Lipinski definition) is 5. The largest absolute Gasteiger partial charge is 0.491 e. The Hall–Kier alpha value is -1.44. The molecular weight excluding hydrogens is 213 g/mol. The lowest BCUT2D eigenvalue weighted by Crippen LogP contribution is -2.33. The number of nitro groups is 1. The van der Waals surface area contributed by atoms with Crippen LogP contribution in [0.3, 0.4) is 0 Å². The van der Waals surface area contributed by atoms with E-state index in [0.29, 0.717) is 11.9 Å². The van der Waals surface area contributed by atoms with Crippen molar-refractivity contribution in [1.82, 2.24) is 0 Å². The summed E-state index contributed by atoms with van der Waals surface area (Å²) in [7, 11) is -1.12. The third-order valence-electron chi connectivity index (χ3n) is 1.97. The van der Waals surface area contributed by atoms with E-state index < -0.39 is 12.0 Å². The van der Waals surface area contributed by atoms with Crippen molar-refractivity contribution in [3.63, 3.8) is 0 Å². The molecule has 0 saturated heterocycles. The summed E-state index contributed by atoms with van der Waals surface area (Å²) in [5.41, 5.74) is 0.412. The maximum atomic E-state index is 10.4. The third kappa shape index (κ3) is 3.61. The van der Waals surface area contributed by atoms with Gasteiger partial charge in [-0.05, 0) is 11.9 Å². The predicted octanol–water partition coefficient (Wildman–Crippen LogP) is -0.319. The number of non-ortho nitro benzene ring substituents is 1. The summed E-state index contributed by atoms with van der Waals surface area (Å²) in [5.74, 6) is 0. The first-order valence-corrected chi connectivity index (χ1v) is 4.80. The number of rotatable bonds is 6. The molecule has 0 heterocycles. The second kappa shape index (κ2) is 6.21. The lowest BCUT2D eigenvalue weighted by molar-refractivity contribution is -0.384. The third-order valence-corrected chi connectivity index (χ3v) is 1.97. The van der Waals surface area contributed by atoms with Crippen LogP contribution in [0.2, 0.25) is 0 Å². The summed E-state index contributed by atoms with van der Waals surface area (Å²) < 4.78 is 4.99. The van der Waals surface area contributed by atoms with Gasteiger partial charge in [-0.1, -0.05) is 12.1 Å². The summed E-state index contributed by atoms with van der Waals surface area (Å²) in [6, 6.07) is 5.46. The Bertz CT molecular complexity index is 342. The average molecular weight is 225 g/mol. The maximum absolute atomic E-state index is 10.4. The first-order chi connectivity index (χ1) is 7.65. The molecule has 0 aromatic heterocycles. The van der Waals surface area contributed by atoms with Crippen LogP contribution in [0.1, 0.15) is 6.42 Å². The highest BCUT2D eigenvalue weighted by molar-refractivity contribution is 6.59. The molecule has 0 bridgehead atoms. The van der Waals surface area contributed by atoms with E-state index in [4.69, 9.17) is 9.76 Å². The number of aliphatic hydroxyl groups excluding tert-OH is 1. The molecule has 0 unspecified atom stereocenters. The Kier molecular flexibility index (Phi) is 4.91. The molecule has 6 nitrogen and oxygen atoms in total. The molecule has 16 heavy (non-hydrogen) atoms. The summed E-state index contributed by atoms with van der Waals surface area (Å²) in [5, 5.41) is 28.4. The van der Waals surface area contributed by atoms with E-state index in [1.165, 1.54) is 24.3 Å². The zero-order valence-electron chi connectivity index (χ0n) is 8.57. The van der Waals surface area contributed by atoms with Gasteiger partial charge in [0.2, 0.25) is 0 Å². The van der Waals surface area contributed by atoms with E-state index in [0.717, 1.165) is 0 Å². The van der Waals surface area contributed by atoms with Crippen LogP contribution in [0.15, 0.2) is 24.3 Å². The maximum Gasteiger partial charge on any atom is 0.491 e. The summed E-state index contributed by atoms with van der Waals surface area (Å²) in [4.78, 5) is 9.87. The van der Waals surface area contributed by atoms with Crippen molar-refractivity contribution in [1.29, 1.82) is 0 Å². The highest BCUT2D eigenvalue weighted by Crippen LogP contribution is 2.07. The number of nitro benzene ring substituents is 1. The smallest absolute Gasteiger partial charge is 0.423 e. The quantitative estimate of drug-likeness (QED) is 0.299. The van der Waals surface area contributed by atoms with Crippen LogP contribution in [0, 0.1) is 10.1 Å². The lowest BCUT2D eigenvalue weighted by Gasteiger charge is -2.06. The number of benzene rings is 1. The van der Waals surface area contributed by atoms with Gasteiger partial charge >= 0.3 is 7.12 Å². The fourth-order valence-electron chi connectivity index (χ4n) is 1.12. The van der Waals surface area contributed by atoms with Crippen molar-refractivity contribution in [3.8, 4) is 0 Å². The van der Waals surface area contributed by atoms with Gasteiger partial charge in [0.1, 0.15) is 0 Å². The van der Waals surface area contributed by atoms with Crippen LogP contribution in [0.5, 0.6) is 0 Å². The minimum Gasteiger partial charge on any atom is -0.423 e. The molecule has 86 valence electrons. The van der Waals surface area contributed by atoms with Gasteiger partial charge in [-0.15, -0.1) is 0 Å². The molecule has 0 spiro atoms. The minimum absolute atomic E-state index is 0.00696. The molecule has 7 heteroatoms. The molecule has 1 aromatic rings. The van der Waals surface area contributed by atoms with Crippen LogP contribution in [0.4, 0.5) is 5.69 Å². The van der Waals surface area contributed by atoms with Crippen molar-refractivity contribution >= 4 is 18.3 Å². The Balaban J connectivity index is 2.56. The molecule has 0 amide bonds. The van der Waals surface area contributed by atoms with Gasteiger partial charge in [0.25, 0.3) is 5.69 Å². The van der Waals surface area contributed by atoms with E-state index in [-0.39, 0.29) is 18.9 Å². The van der Waals surface area contributed by atoms with E-state index in [1.54, 1.807) is 0 Å². The Morgan fingerprint density at radius 3 is 2.50 bits per heavy atom. The van der Waals surface area contributed by atoms with Gasteiger partial charge in [0.15, 0.2) is 0 Å². The SMILES string of the molecule is O=[N+]([O-])c1ccc(B(O)OCCCO)cc1. The van der Waals surface area contributed by atoms with E-state index in [1.807, 2.05) is 0 Å². The van der Waals surface area contributed by atoms with Crippen molar-refractivity contribution in [3.05, 3.63) is 34.4 Å². The Labute approximate surface area is 92.8 Å². The van der Waals surface area contributed by atoms with Crippen molar-refractivity contribution in [2.45, 2.75) is 6.42 Å². The van der Waals surface area contributed by atoms with Gasteiger partial charge in [-0.3, -0.25) is 10.1 Å². The zero-order chi connectivity index (χ0) is 12.0. The highest BCUT2D eigenvalue weighted by atomic mass is 16.6. The van der Waals surface area contributed by atoms with Gasteiger partial charge < -0.3 is 14.8 Å². The lowest BCUT2D eigenvalue weighted by atomic mass is 9.79. The Morgan fingerprint density at radius 2 is 2.00 bits per heavy atom. The molecule has 0 atom stereocenters. The van der Waals surface area contributed by atoms with Gasteiger partial charge in [0, 0.05) is 25.3 Å². The molecule has 0 aliphatic heterocycles. The van der Waals surface area contributed by atoms with Crippen LogP contribution in [-0.4, -0.2) is 35.4 Å². The topological polar surface area (TPSA) is 92.8 Å². The predicted molar refractivity (Wildman–Crippen MR) is 58.4 cm³/mol. The highest BCUT2D eigenvalue weighted by Gasteiger charge is 2.17. The molecule has 0 fully saturated rings. The molecule has 1 aromatic carbocycles. The molecule has 0 radical (unpaired) electrons. The summed E-state index contributed by atoms with van der Waals surface area (Å²) in [6.45, 7) is 0.224. The van der Waals surface area contributed by atoms with E-state index >= 15 is 0 Å². The normalized spacial score (nSPS) is 10.1. The van der Waals surface area contributed by atoms with Crippen molar-refractivity contribution in [2.24, 2.45) is 0 Å². The molecular formula is C9H12BNO5. The fourth-order valence-corrected chi connectivity index (χ4v) is 1.12. The van der Waals surface area contributed by atoms with Crippen molar-refractivity contribution in [2.75, 3.05) is 13.2 Å². The van der Waals surface area contributed by atoms with E-state index in [2.05, 4.69) is 0 Å². The monoisotopic (exact) mass is 225 g/mol. The fraction of sp³-hybridized carbons (Fsp3) is 0.333. The average Bonchev–Trinajstić information content (AvgIpc) is 2.29. The second-order valence-corrected chi connectivity index (χ2v) is 3.15. The zero-order valence-corrected chi connectivity index (χ0v) is 8.57. The van der Waals surface area contributed by atoms with Gasteiger partial charge in [-0.25, -0.2) is 0 Å². The standard InChI is InChI=1S/C9H12BNO5/c12-6-1-7-16-10(13)8-2-4-9(5-3-8)11(14)15/h2-5,12-13H,1,6-7H2. The van der Waals surface area contributed by atoms with E-state index in [9.17, 15) is 15.1 Å². The van der Waals surface area contributed by atoms with Crippen LogP contribution in [0.25, 0.3) is 0 Å². The number of hydrogen-bond donors (Lipinski definition) is 2. The number of aliphatic hydroxyl groups is 1. The molecule has 0 aliphatic carbocycles. The summed E-state index contributed by atoms with van der Waals surface area (Å²) >= 11 is 0. The summed E-state index contributed by atoms with van der Waals surface area (Å²) in [6.07, 6.45) is 0.435. The minimum atomic E-state index is -1.12. The number of nitrogens with zero attached hydrogens (tertiary/aromatic N) is 1. The van der Waals surface area contributed by atoms with Crippen LogP contribution >= 0.6 is 0 Å². The van der Waals surface area contributed by atoms with Crippen LogP contribution in [-0.2, 0) is 4.65 Å². The van der Waals surface area contributed by atoms with Crippen molar-refractivity contribution < 1.29 is 19.7 Å². The molecule has 0 aliphatic rings. The first-order valence-electron chi connectivity index (χ1n) is 4.80. The second-order valence-electron chi connectivity index (χ2n) is 3.15. The first kappa shape index (κ1) is 12.6. The molecule has 0 saturated carbocycles. The molecule has 2 N–H and O–H groups in total. The molecule has 1 rings (SSSR count). The van der Waals surface area contributed by atoms with Gasteiger partial charge in [0.05, 0.1) is 4.92 Å². The Morgan fingerprint density at radius 1 is 1.38 bits per heavy atom. The van der Waals surface area contributed by atoms with Crippen LogP contribution < -0.4 is 5.46 Å².